The van der Waals surface area contributed by atoms with Crippen LogP contribution in [0.4, 0.5) is 13.2 Å². The third-order valence-corrected chi connectivity index (χ3v) is 5.46. The van der Waals surface area contributed by atoms with Gasteiger partial charge in [0.15, 0.2) is 0 Å². The Labute approximate surface area is 160 Å². The Morgan fingerprint density at radius 3 is 2.11 bits per heavy atom. The first-order chi connectivity index (χ1) is 13.1. The highest BCUT2D eigenvalue weighted by Gasteiger charge is 2.46. The molecule has 0 aliphatic heterocycles. The third-order valence-electron chi connectivity index (χ3n) is 3.95. The summed E-state index contributed by atoms with van der Waals surface area (Å²) in [5.41, 5.74) is -4.04. The second kappa shape index (κ2) is 8.44. The molecule has 2 rings (SSSR count). The molecule has 5 nitrogen and oxygen atoms in total. The highest BCUT2D eigenvalue weighted by molar-refractivity contribution is 7.92. The van der Waals surface area contributed by atoms with Gasteiger partial charge in [-0.1, -0.05) is 19.1 Å². The van der Waals surface area contributed by atoms with Crippen molar-refractivity contribution in [2.45, 2.75) is 30.3 Å². The maximum absolute atomic E-state index is 12.7. The molecule has 0 aromatic heterocycles. The van der Waals surface area contributed by atoms with Crippen LogP contribution in [0.15, 0.2) is 53.4 Å². The number of halogens is 3. The van der Waals surface area contributed by atoms with Crippen LogP contribution in [-0.2, 0) is 16.4 Å². The lowest BCUT2D eigenvalue weighted by Crippen LogP contribution is -2.31. The van der Waals surface area contributed by atoms with Crippen molar-refractivity contribution in [3.8, 4) is 6.07 Å². The normalized spacial score (nSPS) is 11.7. The lowest BCUT2D eigenvalue weighted by Gasteiger charge is -2.22. The lowest BCUT2D eigenvalue weighted by molar-refractivity contribution is -0.0436. The van der Waals surface area contributed by atoms with E-state index in [2.05, 4.69) is 0 Å². The molecule has 9 heteroatoms. The number of carbonyl (C=O) groups is 1. The minimum Gasteiger partial charge on any atom is -0.334 e. The second-order valence-electron chi connectivity index (χ2n) is 6.01. The molecule has 0 saturated carbocycles. The van der Waals surface area contributed by atoms with Crippen molar-refractivity contribution < 1.29 is 26.4 Å². The Bertz CT molecular complexity index is 977. The number of amides is 1. The van der Waals surface area contributed by atoms with E-state index < -0.39 is 26.1 Å². The van der Waals surface area contributed by atoms with Crippen LogP contribution in [0.25, 0.3) is 0 Å². The van der Waals surface area contributed by atoms with Gasteiger partial charge in [-0.25, -0.2) is 8.42 Å². The SMILES string of the molecule is CCCN(Cc1ccc(C#N)cc1)C(=O)c1ccc(S(=O)(=O)C(F)(F)F)cc1. The smallest absolute Gasteiger partial charge is 0.334 e. The number of nitriles is 1. The molecule has 0 heterocycles. The van der Waals surface area contributed by atoms with Crippen LogP contribution >= 0.6 is 0 Å². The molecule has 148 valence electrons. The summed E-state index contributed by atoms with van der Waals surface area (Å²) < 4.78 is 60.7. The quantitative estimate of drug-likeness (QED) is 0.724. The first-order valence-electron chi connectivity index (χ1n) is 8.30. The van der Waals surface area contributed by atoms with Gasteiger partial charge in [-0.15, -0.1) is 0 Å². The van der Waals surface area contributed by atoms with Crippen molar-refractivity contribution >= 4 is 15.7 Å². The number of sulfone groups is 1. The van der Waals surface area contributed by atoms with Crippen LogP contribution < -0.4 is 0 Å². The standard InChI is InChI=1S/C19H17F3N2O3S/c1-2-11-24(13-15-5-3-14(12-23)4-6-15)18(25)16-7-9-17(10-8-16)28(26,27)19(20,21)22/h3-10H,2,11,13H2,1H3. The molecular formula is C19H17F3N2O3S. The number of hydrogen-bond acceptors (Lipinski definition) is 4. The van der Waals surface area contributed by atoms with Crippen molar-refractivity contribution in [3.63, 3.8) is 0 Å². The molecule has 0 saturated heterocycles. The summed E-state index contributed by atoms with van der Waals surface area (Å²) in [4.78, 5) is 13.3. The monoisotopic (exact) mass is 410 g/mol. The summed E-state index contributed by atoms with van der Waals surface area (Å²) >= 11 is 0. The van der Waals surface area contributed by atoms with Gasteiger partial charge in [0, 0.05) is 18.7 Å². The zero-order valence-electron chi connectivity index (χ0n) is 14.9. The van der Waals surface area contributed by atoms with E-state index in [1.807, 2.05) is 13.0 Å². The fourth-order valence-corrected chi connectivity index (χ4v) is 3.28. The maximum Gasteiger partial charge on any atom is 0.501 e. The van der Waals surface area contributed by atoms with E-state index in [4.69, 9.17) is 5.26 Å². The fraction of sp³-hybridized carbons (Fsp3) is 0.263. The van der Waals surface area contributed by atoms with Gasteiger partial charge >= 0.3 is 5.51 Å². The first kappa shape index (κ1) is 21.4. The van der Waals surface area contributed by atoms with Crippen LogP contribution in [0.5, 0.6) is 0 Å². The van der Waals surface area contributed by atoms with Gasteiger partial charge in [-0.3, -0.25) is 4.79 Å². The van der Waals surface area contributed by atoms with Gasteiger partial charge in [0.2, 0.25) is 0 Å². The molecule has 2 aromatic carbocycles. The van der Waals surface area contributed by atoms with E-state index >= 15 is 0 Å². The number of hydrogen-bond donors (Lipinski definition) is 0. The molecule has 0 atom stereocenters. The van der Waals surface area contributed by atoms with Crippen LogP contribution in [0.3, 0.4) is 0 Å². The minimum atomic E-state index is -5.46. The van der Waals surface area contributed by atoms with Crippen molar-refractivity contribution in [1.82, 2.24) is 4.90 Å². The van der Waals surface area contributed by atoms with Gasteiger partial charge in [-0.05, 0) is 48.4 Å². The average molecular weight is 410 g/mol. The van der Waals surface area contributed by atoms with Crippen LogP contribution in [0.1, 0.15) is 34.8 Å². The van der Waals surface area contributed by atoms with Gasteiger partial charge in [0.25, 0.3) is 15.7 Å². The Morgan fingerprint density at radius 2 is 1.64 bits per heavy atom. The predicted molar refractivity (Wildman–Crippen MR) is 95.9 cm³/mol. The Hall–Kier alpha value is -2.86. The predicted octanol–water partition coefficient (Wildman–Crippen LogP) is 3.90. The highest BCUT2D eigenvalue weighted by atomic mass is 32.2. The number of alkyl halides is 3. The third kappa shape index (κ3) is 4.70. The molecule has 0 aliphatic rings. The van der Waals surface area contributed by atoms with Crippen LogP contribution in [0, 0.1) is 11.3 Å². The summed E-state index contributed by atoms with van der Waals surface area (Å²) in [5, 5.41) is 8.83. The lowest BCUT2D eigenvalue weighted by atomic mass is 10.1. The highest BCUT2D eigenvalue weighted by Crippen LogP contribution is 2.30. The number of carbonyl (C=O) groups excluding carboxylic acids is 1. The van der Waals surface area contributed by atoms with Gasteiger partial charge < -0.3 is 4.90 Å². The zero-order valence-corrected chi connectivity index (χ0v) is 15.7. The van der Waals surface area contributed by atoms with Crippen molar-refractivity contribution in [2.24, 2.45) is 0 Å². The Kier molecular flexibility index (Phi) is 6.46. The Balaban J connectivity index is 2.24. The Morgan fingerprint density at radius 1 is 1.07 bits per heavy atom. The van der Waals surface area contributed by atoms with E-state index in [-0.39, 0.29) is 12.1 Å². The molecule has 0 spiro atoms. The summed E-state index contributed by atoms with van der Waals surface area (Å²) in [6.45, 7) is 2.53. The van der Waals surface area contributed by atoms with Crippen molar-refractivity contribution in [2.75, 3.05) is 6.54 Å². The minimum absolute atomic E-state index is 0.0863. The summed E-state index contributed by atoms with van der Waals surface area (Å²) in [7, 11) is -5.46. The summed E-state index contributed by atoms with van der Waals surface area (Å²) in [6.07, 6.45) is 0.655. The second-order valence-corrected chi connectivity index (χ2v) is 7.95. The maximum atomic E-state index is 12.7. The van der Waals surface area contributed by atoms with E-state index in [0.29, 0.717) is 18.5 Å². The molecule has 0 fully saturated rings. The summed E-state index contributed by atoms with van der Waals surface area (Å²) in [5.74, 6) is -0.429. The zero-order chi connectivity index (χ0) is 20.9. The van der Waals surface area contributed by atoms with Crippen LogP contribution in [-0.4, -0.2) is 31.3 Å². The van der Waals surface area contributed by atoms with E-state index in [1.54, 1.807) is 24.3 Å². The van der Waals surface area contributed by atoms with Gasteiger partial charge in [-0.2, -0.15) is 18.4 Å². The molecule has 0 N–H and O–H groups in total. The molecular weight excluding hydrogens is 393 g/mol. The number of nitrogens with zero attached hydrogens (tertiary/aromatic N) is 2. The number of benzene rings is 2. The average Bonchev–Trinajstić information content (AvgIpc) is 2.67. The first-order valence-corrected chi connectivity index (χ1v) is 9.78. The van der Waals surface area contributed by atoms with E-state index in [9.17, 15) is 26.4 Å². The largest absolute Gasteiger partial charge is 0.501 e. The topological polar surface area (TPSA) is 78.2 Å². The molecule has 0 unspecified atom stereocenters. The fourth-order valence-electron chi connectivity index (χ4n) is 2.52. The molecule has 0 aliphatic carbocycles. The summed E-state index contributed by atoms with van der Waals surface area (Å²) in [6, 6.07) is 12.4. The number of rotatable bonds is 6. The van der Waals surface area contributed by atoms with Gasteiger partial charge in [0.1, 0.15) is 0 Å². The van der Waals surface area contributed by atoms with Gasteiger partial charge in [0.05, 0.1) is 16.5 Å². The van der Waals surface area contributed by atoms with Crippen molar-refractivity contribution in [1.29, 1.82) is 5.26 Å². The molecule has 28 heavy (non-hydrogen) atoms. The van der Waals surface area contributed by atoms with Crippen LogP contribution in [0.2, 0.25) is 0 Å². The molecule has 2 aromatic rings. The molecule has 0 radical (unpaired) electrons. The van der Waals surface area contributed by atoms with Crippen molar-refractivity contribution in [3.05, 3.63) is 65.2 Å². The molecule has 0 bridgehead atoms. The van der Waals surface area contributed by atoms with E-state index in [0.717, 1.165) is 29.8 Å². The molecule has 1 amide bonds. The van der Waals surface area contributed by atoms with E-state index in [1.165, 1.54) is 4.90 Å².